The fourth-order valence-corrected chi connectivity index (χ4v) is 1.20. The summed E-state index contributed by atoms with van der Waals surface area (Å²) in [5, 5.41) is 0. The van der Waals surface area contributed by atoms with Crippen LogP contribution in [0, 0.1) is 0 Å². The molecule has 0 spiro atoms. The Morgan fingerprint density at radius 1 is 1.31 bits per heavy atom. The minimum atomic E-state index is -0.770. The lowest BCUT2D eigenvalue weighted by Crippen LogP contribution is -2.41. The average molecular weight is 185 g/mol. The average Bonchev–Trinajstić information content (AvgIpc) is 2.18. The van der Waals surface area contributed by atoms with Crippen molar-refractivity contribution < 1.29 is 14.2 Å². The molecule has 0 aromatic heterocycles. The number of hydrogen-bond donors (Lipinski definition) is 1. The second-order valence-corrected chi connectivity index (χ2v) is 2.86. The molecule has 0 heterocycles. The van der Waals surface area contributed by atoms with Crippen molar-refractivity contribution in [2.24, 2.45) is 5.73 Å². The van der Waals surface area contributed by atoms with Crippen LogP contribution in [0.4, 0.5) is 0 Å². The summed E-state index contributed by atoms with van der Waals surface area (Å²) in [5.41, 5.74) is 5.09. The van der Waals surface area contributed by atoms with Crippen LogP contribution in [0.15, 0.2) is 23.7 Å². The van der Waals surface area contributed by atoms with Crippen LogP contribution in [0.5, 0.6) is 0 Å². The zero-order valence-corrected chi connectivity index (χ0v) is 8.16. The molecule has 1 aliphatic carbocycles. The minimum absolute atomic E-state index is 0.486. The van der Waals surface area contributed by atoms with Crippen LogP contribution in [-0.2, 0) is 14.2 Å². The Morgan fingerprint density at radius 3 is 2.46 bits per heavy atom. The fraction of sp³-hybridized carbons (Fsp3) is 0.556. The Balaban J connectivity index is 2.86. The number of rotatable bonds is 3. The van der Waals surface area contributed by atoms with Crippen molar-refractivity contribution in [3.8, 4) is 0 Å². The third kappa shape index (κ3) is 2.02. The van der Waals surface area contributed by atoms with Gasteiger partial charge in [0.05, 0.1) is 20.6 Å². The van der Waals surface area contributed by atoms with E-state index in [4.69, 9.17) is 19.9 Å². The highest BCUT2D eigenvalue weighted by Gasteiger charge is 2.28. The highest BCUT2D eigenvalue weighted by molar-refractivity contribution is 5.26. The van der Waals surface area contributed by atoms with Gasteiger partial charge in [-0.25, -0.2) is 0 Å². The smallest absolute Gasteiger partial charge is 0.156 e. The second kappa shape index (κ2) is 3.81. The molecule has 0 aromatic carbocycles. The molecule has 74 valence electrons. The molecule has 0 amide bonds. The van der Waals surface area contributed by atoms with Crippen molar-refractivity contribution in [3.63, 3.8) is 0 Å². The SMILES string of the molecule is COC1=C(OC)CC(N)(OC)C=C1. The van der Waals surface area contributed by atoms with E-state index >= 15 is 0 Å². The number of nitrogens with two attached hydrogens (primary N) is 1. The minimum Gasteiger partial charge on any atom is -0.497 e. The van der Waals surface area contributed by atoms with Crippen molar-refractivity contribution in [3.05, 3.63) is 23.7 Å². The summed E-state index contributed by atoms with van der Waals surface area (Å²) < 4.78 is 15.3. The maximum atomic E-state index is 5.86. The van der Waals surface area contributed by atoms with Crippen LogP contribution in [0.2, 0.25) is 0 Å². The molecule has 1 aliphatic rings. The molecule has 0 aromatic rings. The van der Waals surface area contributed by atoms with Gasteiger partial charge in [-0.15, -0.1) is 0 Å². The molecule has 0 bridgehead atoms. The Labute approximate surface area is 78.0 Å². The molecule has 2 N–H and O–H groups in total. The monoisotopic (exact) mass is 185 g/mol. The highest BCUT2D eigenvalue weighted by atomic mass is 16.5. The van der Waals surface area contributed by atoms with Crippen molar-refractivity contribution in [2.45, 2.75) is 12.1 Å². The van der Waals surface area contributed by atoms with E-state index < -0.39 is 5.72 Å². The summed E-state index contributed by atoms with van der Waals surface area (Å²) in [4.78, 5) is 0. The largest absolute Gasteiger partial charge is 0.497 e. The summed E-state index contributed by atoms with van der Waals surface area (Å²) in [6.07, 6.45) is 4.00. The first-order valence-corrected chi connectivity index (χ1v) is 3.99. The van der Waals surface area contributed by atoms with E-state index in [0.29, 0.717) is 17.9 Å². The first-order valence-electron chi connectivity index (χ1n) is 3.99. The van der Waals surface area contributed by atoms with E-state index in [1.807, 2.05) is 0 Å². The molecule has 0 fully saturated rings. The van der Waals surface area contributed by atoms with Crippen LogP contribution < -0.4 is 5.73 Å². The maximum Gasteiger partial charge on any atom is 0.156 e. The molecular weight excluding hydrogens is 170 g/mol. The molecule has 0 saturated carbocycles. The molecular formula is C9H15NO3. The normalized spacial score (nSPS) is 27.7. The zero-order chi connectivity index (χ0) is 9.90. The standard InChI is InChI=1S/C9H15NO3/c1-11-7-4-5-9(10,13-3)6-8(7)12-2/h4-5H,6,10H2,1-3H3. The van der Waals surface area contributed by atoms with Gasteiger partial charge in [0.1, 0.15) is 11.5 Å². The highest BCUT2D eigenvalue weighted by Crippen LogP contribution is 2.26. The maximum absolute atomic E-state index is 5.86. The van der Waals surface area contributed by atoms with Gasteiger partial charge in [0.25, 0.3) is 0 Å². The van der Waals surface area contributed by atoms with Gasteiger partial charge in [-0.3, -0.25) is 5.73 Å². The summed E-state index contributed by atoms with van der Waals surface area (Å²) in [6, 6.07) is 0. The summed E-state index contributed by atoms with van der Waals surface area (Å²) >= 11 is 0. The molecule has 0 saturated heterocycles. The number of methoxy groups -OCH3 is 3. The van der Waals surface area contributed by atoms with Gasteiger partial charge in [0.2, 0.25) is 0 Å². The molecule has 0 radical (unpaired) electrons. The topological polar surface area (TPSA) is 53.7 Å². The van der Waals surface area contributed by atoms with Gasteiger partial charge in [0.15, 0.2) is 5.76 Å². The number of hydrogen-bond acceptors (Lipinski definition) is 4. The second-order valence-electron chi connectivity index (χ2n) is 2.86. The van der Waals surface area contributed by atoms with E-state index in [2.05, 4.69) is 0 Å². The van der Waals surface area contributed by atoms with Gasteiger partial charge in [-0.2, -0.15) is 0 Å². The lowest BCUT2D eigenvalue weighted by molar-refractivity contribution is 0.0208. The Bertz CT molecular complexity index is 247. The molecule has 1 rings (SSSR count). The summed E-state index contributed by atoms with van der Waals surface area (Å²) in [7, 11) is 4.74. The third-order valence-corrected chi connectivity index (χ3v) is 2.07. The number of ether oxygens (including phenoxy) is 3. The molecule has 1 atom stereocenters. The summed E-state index contributed by atoms with van der Waals surface area (Å²) in [5.74, 6) is 1.40. The first kappa shape index (κ1) is 10.1. The van der Waals surface area contributed by atoms with Crippen LogP contribution in [0.1, 0.15) is 6.42 Å². The Morgan fingerprint density at radius 2 is 2.00 bits per heavy atom. The molecule has 1 unspecified atom stereocenters. The van der Waals surface area contributed by atoms with Crippen LogP contribution >= 0.6 is 0 Å². The first-order chi connectivity index (χ1) is 6.15. The van der Waals surface area contributed by atoms with Gasteiger partial charge < -0.3 is 14.2 Å². The van der Waals surface area contributed by atoms with E-state index in [9.17, 15) is 0 Å². The lowest BCUT2D eigenvalue weighted by atomic mass is 10.0. The van der Waals surface area contributed by atoms with Crippen molar-refractivity contribution in [2.75, 3.05) is 21.3 Å². The summed E-state index contributed by atoms with van der Waals surface area (Å²) in [6.45, 7) is 0. The van der Waals surface area contributed by atoms with Crippen molar-refractivity contribution in [1.82, 2.24) is 0 Å². The van der Waals surface area contributed by atoms with Crippen LogP contribution in [0.3, 0.4) is 0 Å². The van der Waals surface area contributed by atoms with Crippen LogP contribution in [-0.4, -0.2) is 27.1 Å². The van der Waals surface area contributed by atoms with Gasteiger partial charge >= 0.3 is 0 Å². The lowest BCUT2D eigenvalue weighted by Gasteiger charge is -2.28. The van der Waals surface area contributed by atoms with E-state index in [-0.39, 0.29) is 0 Å². The van der Waals surface area contributed by atoms with E-state index in [1.54, 1.807) is 33.5 Å². The predicted octanol–water partition coefficient (Wildman–Crippen LogP) is 0.752. The Kier molecular flexibility index (Phi) is 2.95. The van der Waals surface area contributed by atoms with E-state index in [1.165, 1.54) is 0 Å². The van der Waals surface area contributed by atoms with E-state index in [0.717, 1.165) is 0 Å². The molecule has 4 nitrogen and oxygen atoms in total. The number of allylic oxidation sites excluding steroid dienone is 1. The predicted molar refractivity (Wildman–Crippen MR) is 48.7 cm³/mol. The van der Waals surface area contributed by atoms with Gasteiger partial charge in [0, 0.05) is 7.11 Å². The van der Waals surface area contributed by atoms with Crippen molar-refractivity contribution >= 4 is 0 Å². The molecule has 0 aliphatic heterocycles. The van der Waals surface area contributed by atoms with Gasteiger partial charge in [-0.05, 0) is 12.2 Å². The fourth-order valence-electron chi connectivity index (χ4n) is 1.20. The van der Waals surface area contributed by atoms with Gasteiger partial charge in [-0.1, -0.05) is 0 Å². The Hall–Kier alpha value is -1.00. The van der Waals surface area contributed by atoms with Crippen molar-refractivity contribution in [1.29, 1.82) is 0 Å². The zero-order valence-electron chi connectivity index (χ0n) is 8.16. The quantitative estimate of drug-likeness (QED) is 0.659. The van der Waals surface area contributed by atoms with Crippen LogP contribution in [0.25, 0.3) is 0 Å². The third-order valence-electron chi connectivity index (χ3n) is 2.07. The molecule has 13 heavy (non-hydrogen) atoms. The molecule has 4 heteroatoms.